The van der Waals surface area contributed by atoms with E-state index in [9.17, 15) is 14.4 Å². The number of carbonyl (C=O) groups excluding carboxylic acids is 3. The number of thioether (sulfide) groups is 1. The summed E-state index contributed by atoms with van der Waals surface area (Å²) in [6, 6.07) is 0.0964. The summed E-state index contributed by atoms with van der Waals surface area (Å²) in [6.07, 6.45) is 2.96. The minimum absolute atomic E-state index is 0.0473. The van der Waals surface area contributed by atoms with E-state index in [4.69, 9.17) is 10.5 Å². The molecule has 1 unspecified atom stereocenters. The van der Waals surface area contributed by atoms with Gasteiger partial charge < -0.3 is 15.8 Å². The van der Waals surface area contributed by atoms with Gasteiger partial charge in [-0.15, -0.1) is 32.9 Å². The van der Waals surface area contributed by atoms with E-state index in [0.717, 1.165) is 35.6 Å². The first-order valence-corrected chi connectivity index (χ1v) is 15.3. The number of ether oxygens (including phenoxy) is 1. The van der Waals surface area contributed by atoms with Crippen LogP contribution in [-0.2, 0) is 22.4 Å². The van der Waals surface area contributed by atoms with Crippen LogP contribution in [0.5, 0.6) is 0 Å². The third kappa shape index (κ3) is 5.81. The Kier molecular flexibility index (Phi) is 8.63. The minimum atomic E-state index is -0.663. The number of carbonyl (C=O) groups is 3. The van der Waals surface area contributed by atoms with Crippen molar-refractivity contribution in [3.63, 3.8) is 0 Å². The van der Waals surface area contributed by atoms with Crippen LogP contribution in [-0.4, -0.2) is 44.4 Å². The van der Waals surface area contributed by atoms with E-state index in [1.807, 2.05) is 0 Å². The van der Waals surface area contributed by atoms with E-state index >= 15 is 0 Å². The summed E-state index contributed by atoms with van der Waals surface area (Å²) >= 11 is 4.04. The first-order valence-electron chi connectivity index (χ1n) is 12.6. The Morgan fingerprint density at radius 1 is 1.26 bits per heavy atom. The van der Waals surface area contributed by atoms with Gasteiger partial charge in [0.05, 0.1) is 22.3 Å². The molecule has 0 spiro atoms. The average molecular weight is 576 g/mol. The standard InChI is InChI=1S/C26H33N5O4S3/c1-12(2)31-23(17-10-36-18-9-14(5)7-8-16(17)18)29-30-26(31)37-11-19(32)28-24-20(25(34)35-13(3)4)15(6)21(38-24)22(27)33/h10,12-14H,7-9,11H2,1-6H3,(H2,27,33)(H,28,32). The zero-order valence-corrected chi connectivity index (χ0v) is 24.9. The molecule has 9 nitrogen and oxygen atoms in total. The van der Waals surface area contributed by atoms with E-state index in [1.54, 1.807) is 32.1 Å². The predicted molar refractivity (Wildman–Crippen MR) is 152 cm³/mol. The smallest absolute Gasteiger partial charge is 0.341 e. The highest BCUT2D eigenvalue weighted by Gasteiger charge is 2.28. The lowest BCUT2D eigenvalue weighted by Crippen LogP contribution is -2.18. The molecule has 38 heavy (non-hydrogen) atoms. The number of nitrogens with one attached hydrogen (secondary N) is 1. The molecule has 1 aliphatic rings. The van der Waals surface area contributed by atoms with Crippen LogP contribution in [0, 0.1) is 12.8 Å². The number of hydrogen-bond acceptors (Lipinski definition) is 9. The van der Waals surface area contributed by atoms with Gasteiger partial charge in [0, 0.05) is 21.9 Å². The molecule has 0 aromatic carbocycles. The maximum absolute atomic E-state index is 13.0. The van der Waals surface area contributed by atoms with Gasteiger partial charge in [0.15, 0.2) is 11.0 Å². The fourth-order valence-electron chi connectivity index (χ4n) is 4.54. The van der Waals surface area contributed by atoms with Gasteiger partial charge in [-0.25, -0.2) is 4.79 Å². The fraction of sp³-hybridized carbons (Fsp3) is 0.500. The third-order valence-corrected chi connectivity index (χ3v) is 9.54. The molecule has 0 bridgehead atoms. The Morgan fingerprint density at radius 3 is 2.66 bits per heavy atom. The van der Waals surface area contributed by atoms with E-state index in [2.05, 4.69) is 46.2 Å². The molecule has 3 aromatic rings. The van der Waals surface area contributed by atoms with Crippen molar-refractivity contribution in [2.24, 2.45) is 11.7 Å². The Hall–Kier alpha value is -2.70. The number of rotatable bonds is 9. The fourth-order valence-corrected chi connectivity index (χ4v) is 7.71. The predicted octanol–water partition coefficient (Wildman–Crippen LogP) is 5.48. The van der Waals surface area contributed by atoms with Crippen molar-refractivity contribution in [3.8, 4) is 11.4 Å². The van der Waals surface area contributed by atoms with Crippen molar-refractivity contribution in [1.82, 2.24) is 14.8 Å². The summed E-state index contributed by atoms with van der Waals surface area (Å²) in [5, 5.41) is 14.8. The van der Waals surface area contributed by atoms with Crippen LogP contribution in [0.4, 0.5) is 5.00 Å². The number of thiophene rings is 2. The summed E-state index contributed by atoms with van der Waals surface area (Å²) in [7, 11) is 0. The van der Waals surface area contributed by atoms with E-state index in [0.29, 0.717) is 16.6 Å². The van der Waals surface area contributed by atoms with Crippen LogP contribution in [0.15, 0.2) is 10.5 Å². The average Bonchev–Trinajstić information content (AvgIpc) is 3.51. The van der Waals surface area contributed by atoms with Crippen molar-refractivity contribution in [2.75, 3.05) is 11.1 Å². The number of aromatic nitrogens is 3. The van der Waals surface area contributed by atoms with E-state index in [1.165, 1.54) is 28.6 Å². The summed E-state index contributed by atoms with van der Waals surface area (Å²) < 4.78 is 7.40. The van der Waals surface area contributed by atoms with E-state index < -0.39 is 11.9 Å². The van der Waals surface area contributed by atoms with Crippen LogP contribution in [0.3, 0.4) is 0 Å². The van der Waals surface area contributed by atoms with Gasteiger partial charge in [0.1, 0.15) is 5.00 Å². The topological polar surface area (TPSA) is 129 Å². The van der Waals surface area contributed by atoms with Crippen molar-refractivity contribution < 1.29 is 19.1 Å². The van der Waals surface area contributed by atoms with Gasteiger partial charge in [0.25, 0.3) is 5.91 Å². The quantitative estimate of drug-likeness (QED) is 0.255. The Morgan fingerprint density at radius 2 is 2.00 bits per heavy atom. The van der Waals surface area contributed by atoms with Crippen LogP contribution in [0.2, 0.25) is 0 Å². The number of fused-ring (bicyclic) bond motifs is 1. The highest BCUT2D eigenvalue weighted by molar-refractivity contribution is 7.99. The molecule has 1 aliphatic carbocycles. The van der Waals surface area contributed by atoms with Gasteiger partial charge >= 0.3 is 5.97 Å². The Balaban J connectivity index is 1.53. The zero-order valence-electron chi connectivity index (χ0n) is 22.4. The molecule has 3 aromatic heterocycles. The van der Waals surface area contributed by atoms with Crippen molar-refractivity contribution >= 4 is 57.2 Å². The van der Waals surface area contributed by atoms with Gasteiger partial charge in [-0.3, -0.25) is 14.2 Å². The monoisotopic (exact) mass is 575 g/mol. The van der Waals surface area contributed by atoms with Crippen LogP contribution in [0.1, 0.15) is 83.1 Å². The molecule has 204 valence electrons. The Labute approximate surface area is 234 Å². The second-order valence-corrected chi connectivity index (χ2v) is 13.0. The van der Waals surface area contributed by atoms with Crippen molar-refractivity contribution in [2.45, 2.75) is 78.1 Å². The minimum Gasteiger partial charge on any atom is -0.459 e. The molecule has 12 heteroatoms. The first-order chi connectivity index (χ1) is 18.0. The van der Waals surface area contributed by atoms with Crippen molar-refractivity contribution in [1.29, 1.82) is 0 Å². The largest absolute Gasteiger partial charge is 0.459 e. The first kappa shape index (κ1) is 28.3. The van der Waals surface area contributed by atoms with Crippen molar-refractivity contribution in [3.05, 3.63) is 31.8 Å². The molecule has 2 amide bonds. The number of nitrogens with two attached hydrogens (primary N) is 1. The summed E-state index contributed by atoms with van der Waals surface area (Å²) in [6.45, 7) is 11.5. The lowest BCUT2D eigenvalue weighted by atomic mass is 9.88. The highest BCUT2D eigenvalue weighted by Crippen LogP contribution is 2.39. The SMILES string of the molecule is Cc1c(C(N)=O)sc(NC(=O)CSc2nnc(-c3csc4c3CCC(C)C4)n2C(C)C)c1C(=O)OC(C)C. The zero-order chi connectivity index (χ0) is 27.7. The number of primary amides is 1. The molecule has 3 heterocycles. The molecular weight excluding hydrogens is 543 g/mol. The molecule has 0 fully saturated rings. The number of nitrogens with zero attached hydrogens (tertiary/aromatic N) is 3. The second-order valence-electron chi connectivity index (χ2n) is 10.1. The number of hydrogen-bond donors (Lipinski definition) is 2. The highest BCUT2D eigenvalue weighted by atomic mass is 32.2. The molecule has 0 saturated heterocycles. The molecular formula is C26H33N5O4S3. The van der Waals surface area contributed by atoms with Gasteiger partial charge in [-0.2, -0.15) is 0 Å². The van der Waals surface area contributed by atoms with Crippen LogP contribution >= 0.6 is 34.4 Å². The number of amides is 2. The molecule has 4 rings (SSSR count). The van der Waals surface area contributed by atoms with Crippen LogP contribution in [0.25, 0.3) is 11.4 Å². The molecule has 3 N–H and O–H groups in total. The third-order valence-electron chi connectivity index (χ3n) is 6.33. The van der Waals surface area contributed by atoms with Gasteiger partial charge in [-0.1, -0.05) is 18.7 Å². The van der Waals surface area contributed by atoms with Gasteiger partial charge in [0.2, 0.25) is 5.91 Å². The van der Waals surface area contributed by atoms with Gasteiger partial charge in [-0.05, 0) is 70.9 Å². The molecule has 0 saturated carbocycles. The maximum Gasteiger partial charge on any atom is 0.341 e. The van der Waals surface area contributed by atoms with Crippen LogP contribution < -0.4 is 11.1 Å². The Bertz CT molecular complexity index is 1370. The lowest BCUT2D eigenvalue weighted by Gasteiger charge is -2.19. The molecule has 0 radical (unpaired) electrons. The second kappa shape index (κ2) is 11.6. The molecule has 1 atom stereocenters. The summed E-state index contributed by atoms with van der Waals surface area (Å²) in [4.78, 5) is 39.2. The summed E-state index contributed by atoms with van der Waals surface area (Å²) in [5.41, 5.74) is 8.54. The lowest BCUT2D eigenvalue weighted by molar-refractivity contribution is -0.113. The number of anilines is 1. The molecule has 0 aliphatic heterocycles. The van der Waals surface area contributed by atoms with E-state index in [-0.39, 0.29) is 39.2 Å². The summed E-state index contributed by atoms with van der Waals surface area (Å²) in [5.74, 6) is -0.0432. The maximum atomic E-state index is 13.0. The normalized spacial score (nSPS) is 15.1. The number of esters is 1.